The Kier molecular flexibility index (Phi) is 3.87. The minimum Gasteiger partial charge on any atom is -0.341 e. The number of carbonyl (C=O) groups excluding carboxylic acids is 1. The molecule has 1 aliphatic rings. The highest BCUT2D eigenvalue weighted by molar-refractivity contribution is 9.09. The molecule has 1 saturated heterocycles. The summed E-state index contributed by atoms with van der Waals surface area (Å²) in [5.74, 6) is 0.246. The zero-order chi connectivity index (χ0) is 11.5. The van der Waals surface area contributed by atoms with E-state index in [1.165, 1.54) is 5.56 Å². The summed E-state index contributed by atoms with van der Waals surface area (Å²) in [6.07, 6.45) is 1.52. The van der Waals surface area contributed by atoms with Crippen LogP contribution in [0.2, 0.25) is 5.02 Å². The van der Waals surface area contributed by atoms with Crippen molar-refractivity contribution in [1.82, 2.24) is 4.90 Å². The lowest BCUT2D eigenvalue weighted by molar-refractivity contribution is -0.127. The average molecular weight is 303 g/mol. The summed E-state index contributed by atoms with van der Waals surface area (Å²) in [4.78, 5) is 13.8. The van der Waals surface area contributed by atoms with Crippen LogP contribution in [-0.4, -0.2) is 28.7 Å². The summed E-state index contributed by atoms with van der Waals surface area (Å²) in [7, 11) is 0. The van der Waals surface area contributed by atoms with Crippen LogP contribution in [0.15, 0.2) is 24.3 Å². The summed E-state index contributed by atoms with van der Waals surface area (Å²) < 4.78 is 0. The van der Waals surface area contributed by atoms with Crippen LogP contribution in [0, 0.1) is 0 Å². The normalized spacial score (nSPS) is 20.5. The van der Waals surface area contributed by atoms with Crippen molar-refractivity contribution in [2.45, 2.75) is 17.7 Å². The molecule has 1 atom stereocenters. The van der Waals surface area contributed by atoms with E-state index >= 15 is 0 Å². The average Bonchev–Trinajstić information content (AvgIpc) is 2.57. The number of alkyl halides is 1. The number of benzene rings is 1. The summed E-state index contributed by atoms with van der Waals surface area (Å²) in [5, 5.41) is 0.751. The zero-order valence-electron chi connectivity index (χ0n) is 8.83. The Balaban J connectivity index is 1.88. The van der Waals surface area contributed by atoms with Crippen molar-refractivity contribution < 1.29 is 4.79 Å². The number of halogens is 2. The Morgan fingerprint density at radius 2 is 2.06 bits per heavy atom. The van der Waals surface area contributed by atoms with Gasteiger partial charge in [-0.1, -0.05) is 39.7 Å². The van der Waals surface area contributed by atoms with E-state index in [-0.39, 0.29) is 5.91 Å². The monoisotopic (exact) mass is 301 g/mol. The fourth-order valence-electron chi connectivity index (χ4n) is 1.86. The lowest BCUT2D eigenvalue weighted by Crippen LogP contribution is -2.27. The van der Waals surface area contributed by atoms with Crippen LogP contribution >= 0.6 is 27.5 Å². The molecule has 1 fully saturated rings. The van der Waals surface area contributed by atoms with Crippen LogP contribution in [0.3, 0.4) is 0 Å². The molecule has 0 saturated carbocycles. The number of amides is 1. The SMILES string of the molecule is O=C1CC(Br)CN1CCc1ccc(Cl)cc1. The number of hydrogen-bond donors (Lipinski definition) is 0. The van der Waals surface area contributed by atoms with E-state index in [9.17, 15) is 4.79 Å². The molecule has 4 heteroatoms. The molecule has 2 rings (SSSR count). The summed E-state index contributed by atoms with van der Waals surface area (Å²) in [5.41, 5.74) is 1.22. The predicted molar refractivity (Wildman–Crippen MR) is 69.1 cm³/mol. The molecule has 1 aromatic rings. The van der Waals surface area contributed by atoms with Gasteiger partial charge in [-0.05, 0) is 24.1 Å². The first kappa shape index (κ1) is 11.9. The summed E-state index contributed by atoms with van der Waals surface area (Å²) in [6.45, 7) is 1.62. The van der Waals surface area contributed by atoms with Gasteiger partial charge in [0, 0.05) is 29.4 Å². The van der Waals surface area contributed by atoms with Gasteiger partial charge in [0.15, 0.2) is 0 Å². The van der Waals surface area contributed by atoms with Crippen molar-refractivity contribution >= 4 is 33.4 Å². The fraction of sp³-hybridized carbons (Fsp3) is 0.417. The molecule has 1 aromatic carbocycles. The van der Waals surface area contributed by atoms with Crippen molar-refractivity contribution in [1.29, 1.82) is 0 Å². The van der Waals surface area contributed by atoms with Crippen LogP contribution in [-0.2, 0) is 11.2 Å². The number of hydrogen-bond acceptors (Lipinski definition) is 1. The Labute approximate surface area is 109 Å². The highest BCUT2D eigenvalue weighted by atomic mass is 79.9. The minimum atomic E-state index is 0.246. The van der Waals surface area contributed by atoms with Gasteiger partial charge in [-0.25, -0.2) is 0 Å². The smallest absolute Gasteiger partial charge is 0.223 e. The number of rotatable bonds is 3. The van der Waals surface area contributed by atoms with Gasteiger partial charge in [0.2, 0.25) is 5.91 Å². The molecule has 1 heterocycles. The van der Waals surface area contributed by atoms with Gasteiger partial charge in [0.05, 0.1) is 0 Å². The standard InChI is InChI=1S/C12H13BrClNO/c13-10-7-12(16)15(8-10)6-5-9-1-3-11(14)4-2-9/h1-4,10H,5-8H2. The molecule has 0 aromatic heterocycles. The first-order chi connectivity index (χ1) is 7.65. The van der Waals surface area contributed by atoms with E-state index < -0.39 is 0 Å². The number of likely N-dealkylation sites (tertiary alicyclic amines) is 1. The van der Waals surface area contributed by atoms with Crippen LogP contribution in [0.5, 0.6) is 0 Å². The van der Waals surface area contributed by atoms with Crippen LogP contribution in [0.1, 0.15) is 12.0 Å². The van der Waals surface area contributed by atoms with Gasteiger partial charge in [-0.3, -0.25) is 4.79 Å². The molecule has 2 nitrogen and oxygen atoms in total. The molecule has 1 unspecified atom stereocenters. The van der Waals surface area contributed by atoms with Crippen LogP contribution < -0.4 is 0 Å². The maximum absolute atomic E-state index is 11.5. The Bertz CT molecular complexity index is 379. The number of nitrogens with zero attached hydrogens (tertiary/aromatic N) is 1. The van der Waals surface area contributed by atoms with Crippen molar-refractivity contribution in [3.05, 3.63) is 34.9 Å². The molecule has 0 aliphatic carbocycles. The Morgan fingerprint density at radius 3 is 2.62 bits per heavy atom. The topological polar surface area (TPSA) is 20.3 Å². The first-order valence-corrected chi connectivity index (χ1v) is 6.61. The first-order valence-electron chi connectivity index (χ1n) is 5.31. The predicted octanol–water partition coefficient (Wildman–Crippen LogP) is 2.88. The molecule has 0 radical (unpaired) electrons. The quantitative estimate of drug-likeness (QED) is 0.786. The van der Waals surface area contributed by atoms with Crippen molar-refractivity contribution in [2.75, 3.05) is 13.1 Å². The van der Waals surface area contributed by atoms with Crippen molar-refractivity contribution in [3.63, 3.8) is 0 Å². The summed E-state index contributed by atoms with van der Waals surface area (Å²) >= 11 is 9.29. The maximum Gasteiger partial charge on any atom is 0.223 e. The number of carbonyl (C=O) groups is 1. The maximum atomic E-state index is 11.5. The van der Waals surface area contributed by atoms with Crippen molar-refractivity contribution in [2.24, 2.45) is 0 Å². The third-order valence-corrected chi connectivity index (χ3v) is 3.62. The van der Waals surface area contributed by atoms with E-state index in [1.54, 1.807) is 0 Å². The molecule has 0 N–H and O–H groups in total. The van der Waals surface area contributed by atoms with E-state index in [4.69, 9.17) is 11.6 Å². The second-order valence-electron chi connectivity index (χ2n) is 4.02. The van der Waals surface area contributed by atoms with Gasteiger partial charge < -0.3 is 4.90 Å². The molecule has 0 bridgehead atoms. The molecule has 1 aliphatic heterocycles. The second kappa shape index (κ2) is 5.19. The Hall–Kier alpha value is -0.540. The summed E-state index contributed by atoms with van der Waals surface area (Å²) in [6, 6.07) is 7.79. The van der Waals surface area contributed by atoms with Crippen LogP contribution in [0.4, 0.5) is 0 Å². The second-order valence-corrected chi connectivity index (χ2v) is 5.75. The van der Waals surface area contributed by atoms with E-state index in [1.807, 2.05) is 29.2 Å². The van der Waals surface area contributed by atoms with Crippen LogP contribution in [0.25, 0.3) is 0 Å². The van der Waals surface area contributed by atoms with E-state index in [2.05, 4.69) is 15.9 Å². The molecule has 16 heavy (non-hydrogen) atoms. The zero-order valence-corrected chi connectivity index (χ0v) is 11.2. The highest BCUT2D eigenvalue weighted by Gasteiger charge is 2.26. The third kappa shape index (κ3) is 2.98. The van der Waals surface area contributed by atoms with Crippen molar-refractivity contribution in [3.8, 4) is 0 Å². The molecular weight excluding hydrogens is 289 g/mol. The van der Waals surface area contributed by atoms with Gasteiger partial charge in [-0.2, -0.15) is 0 Å². The van der Waals surface area contributed by atoms with Gasteiger partial charge >= 0.3 is 0 Å². The molecule has 0 spiro atoms. The lowest BCUT2D eigenvalue weighted by atomic mass is 10.1. The molecular formula is C12H13BrClNO. The Morgan fingerprint density at radius 1 is 1.38 bits per heavy atom. The lowest BCUT2D eigenvalue weighted by Gasteiger charge is -2.15. The third-order valence-electron chi connectivity index (χ3n) is 2.75. The van der Waals surface area contributed by atoms with E-state index in [0.29, 0.717) is 11.2 Å². The largest absolute Gasteiger partial charge is 0.341 e. The fourth-order valence-corrected chi connectivity index (χ4v) is 2.61. The van der Waals surface area contributed by atoms with Gasteiger partial charge in [0.1, 0.15) is 0 Å². The van der Waals surface area contributed by atoms with E-state index in [0.717, 1.165) is 24.5 Å². The van der Waals surface area contributed by atoms with Gasteiger partial charge in [-0.15, -0.1) is 0 Å². The minimum absolute atomic E-state index is 0.246. The molecule has 86 valence electrons. The highest BCUT2D eigenvalue weighted by Crippen LogP contribution is 2.18. The molecule has 1 amide bonds. The van der Waals surface area contributed by atoms with Gasteiger partial charge in [0.25, 0.3) is 0 Å².